The maximum atomic E-state index is 13.6. The summed E-state index contributed by atoms with van der Waals surface area (Å²) in [5, 5.41) is 7.73. The molecule has 3 aromatic rings. The Morgan fingerprint density at radius 3 is 2.56 bits per heavy atom. The van der Waals surface area contributed by atoms with Crippen LogP contribution in [0, 0.1) is 12.7 Å². The van der Waals surface area contributed by atoms with E-state index in [-0.39, 0.29) is 24.4 Å². The molecule has 182 valence electrons. The largest absolute Gasteiger partial charge is 0.439 e. The van der Waals surface area contributed by atoms with Crippen molar-refractivity contribution in [1.82, 2.24) is 20.0 Å². The molecule has 0 aliphatic heterocycles. The lowest BCUT2D eigenvalue weighted by atomic mass is 10.2. The Kier molecular flexibility index (Phi) is 8.65. The van der Waals surface area contributed by atoms with Crippen LogP contribution in [0.25, 0.3) is 5.69 Å². The fourth-order valence-electron chi connectivity index (χ4n) is 3.56. The van der Waals surface area contributed by atoms with Gasteiger partial charge >= 0.3 is 6.03 Å². The Balaban J connectivity index is 2.09. The van der Waals surface area contributed by atoms with Crippen molar-refractivity contribution in [3.8, 4) is 17.3 Å². The minimum Gasteiger partial charge on any atom is -0.439 e. The van der Waals surface area contributed by atoms with Crippen LogP contribution in [-0.4, -0.2) is 47.0 Å². The molecule has 0 atom stereocenters. The molecule has 0 aliphatic rings. The predicted molar refractivity (Wildman–Crippen MR) is 130 cm³/mol. The Hall–Kier alpha value is -3.39. The van der Waals surface area contributed by atoms with Gasteiger partial charge in [-0.1, -0.05) is 19.1 Å². The molecule has 2 amide bonds. The van der Waals surface area contributed by atoms with Gasteiger partial charge in [0.2, 0.25) is 5.88 Å². The third-order valence-corrected chi connectivity index (χ3v) is 5.24. The minimum absolute atomic E-state index is 0.00635. The van der Waals surface area contributed by atoms with Gasteiger partial charge in [-0.05, 0) is 69.2 Å². The molecule has 0 aliphatic carbocycles. The van der Waals surface area contributed by atoms with Gasteiger partial charge in [-0.2, -0.15) is 5.10 Å². The Bertz CT molecular complexity index is 1100. The third-order valence-electron chi connectivity index (χ3n) is 5.24. The number of halogens is 1. The molecule has 2 aromatic carbocycles. The number of aromatic nitrogens is 2. The van der Waals surface area contributed by atoms with E-state index < -0.39 is 0 Å². The monoisotopic (exact) mass is 468 g/mol. The van der Waals surface area contributed by atoms with Gasteiger partial charge in [0.1, 0.15) is 11.6 Å². The van der Waals surface area contributed by atoms with Crippen LogP contribution in [0.2, 0.25) is 0 Å². The number of urea groups is 1. The number of methoxy groups -OCH3 is 1. The summed E-state index contributed by atoms with van der Waals surface area (Å²) in [5.41, 5.74) is 3.32. The van der Waals surface area contributed by atoms with Crippen LogP contribution in [0.3, 0.4) is 0 Å². The maximum Gasteiger partial charge on any atom is 0.317 e. The first-order chi connectivity index (χ1) is 16.3. The number of rotatable bonds is 10. The van der Waals surface area contributed by atoms with E-state index in [1.807, 2.05) is 52.0 Å². The highest BCUT2D eigenvalue weighted by Crippen LogP contribution is 2.32. The highest BCUT2D eigenvalue weighted by molar-refractivity contribution is 5.74. The molecular formula is C26H33FN4O3. The fourth-order valence-corrected chi connectivity index (χ4v) is 3.56. The van der Waals surface area contributed by atoms with Crippen molar-refractivity contribution in [2.75, 3.05) is 20.3 Å². The normalized spacial score (nSPS) is 11.0. The van der Waals surface area contributed by atoms with E-state index in [4.69, 9.17) is 14.6 Å². The smallest absolute Gasteiger partial charge is 0.317 e. The number of benzene rings is 2. The second-order valence-corrected chi connectivity index (χ2v) is 8.41. The third kappa shape index (κ3) is 6.35. The van der Waals surface area contributed by atoms with Crippen LogP contribution in [-0.2, 0) is 17.7 Å². The van der Waals surface area contributed by atoms with Gasteiger partial charge in [0.25, 0.3) is 0 Å². The summed E-state index contributed by atoms with van der Waals surface area (Å²) in [7, 11) is 1.61. The molecule has 0 fully saturated rings. The van der Waals surface area contributed by atoms with Crippen LogP contribution in [0.4, 0.5) is 9.18 Å². The van der Waals surface area contributed by atoms with Crippen LogP contribution < -0.4 is 10.1 Å². The van der Waals surface area contributed by atoms with E-state index >= 15 is 0 Å². The Morgan fingerprint density at radius 1 is 1.21 bits per heavy atom. The van der Waals surface area contributed by atoms with Crippen molar-refractivity contribution >= 4 is 6.03 Å². The van der Waals surface area contributed by atoms with Crippen molar-refractivity contribution in [1.29, 1.82) is 0 Å². The lowest BCUT2D eigenvalue weighted by Gasteiger charge is -2.24. The number of amides is 2. The summed E-state index contributed by atoms with van der Waals surface area (Å²) < 4.78 is 26.9. The van der Waals surface area contributed by atoms with Gasteiger partial charge in [0, 0.05) is 19.7 Å². The van der Waals surface area contributed by atoms with E-state index in [2.05, 4.69) is 5.32 Å². The first-order valence-electron chi connectivity index (χ1n) is 11.5. The molecule has 34 heavy (non-hydrogen) atoms. The number of nitrogens with one attached hydrogen (secondary N) is 1. The zero-order chi connectivity index (χ0) is 24.7. The van der Waals surface area contributed by atoms with Crippen molar-refractivity contribution < 1.29 is 18.7 Å². The number of carbonyl (C=O) groups is 1. The quantitative estimate of drug-likeness (QED) is 0.442. The summed E-state index contributed by atoms with van der Waals surface area (Å²) in [4.78, 5) is 14.6. The van der Waals surface area contributed by atoms with Crippen molar-refractivity contribution in [3.63, 3.8) is 0 Å². The summed E-state index contributed by atoms with van der Waals surface area (Å²) in [6.45, 7) is 8.92. The van der Waals surface area contributed by atoms with Gasteiger partial charge < -0.3 is 19.7 Å². The number of ether oxygens (including phenoxy) is 2. The minimum atomic E-state index is -0.330. The van der Waals surface area contributed by atoms with E-state index in [1.54, 1.807) is 28.8 Å². The summed E-state index contributed by atoms with van der Waals surface area (Å²) in [6, 6.07) is 13.6. The molecule has 1 N–H and O–H groups in total. The first kappa shape index (κ1) is 25.2. The highest BCUT2D eigenvalue weighted by Gasteiger charge is 2.25. The lowest BCUT2D eigenvalue weighted by molar-refractivity contribution is 0.145. The van der Waals surface area contributed by atoms with Crippen molar-refractivity contribution in [2.24, 2.45) is 0 Å². The summed E-state index contributed by atoms with van der Waals surface area (Å²) >= 11 is 0. The van der Waals surface area contributed by atoms with Gasteiger partial charge in [-0.15, -0.1) is 0 Å². The predicted octanol–water partition coefficient (Wildman–Crippen LogP) is 5.24. The van der Waals surface area contributed by atoms with Crippen LogP contribution in [0.5, 0.6) is 11.6 Å². The molecule has 8 heteroatoms. The van der Waals surface area contributed by atoms with Crippen molar-refractivity contribution in [3.05, 3.63) is 71.2 Å². The first-order valence-corrected chi connectivity index (χ1v) is 11.5. The molecule has 7 nitrogen and oxygen atoms in total. The fraction of sp³-hybridized carbons (Fsp3) is 0.385. The van der Waals surface area contributed by atoms with E-state index in [9.17, 15) is 9.18 Å². The van der Waals surface area contributed by atoms with Crippen LogP contribution in [0.1, 0.15) is 37.6 Å². The molecular weight excluding hydrogens is 435 g/mol. The Labute approximate surface area is 200 Å². The average Bonchev–Trinajstić information content (AvgIpc) is 3.13. The second kappa shape index (κ2) is 11.7. The number of carbonyl (C=O) groups excluding carboxylic acids is 1. The van der Waals surface area contributed by atoms with Gasteiger partial charge in [-0.3, -0.25) is 0 Å². The average molecular weight is 469 g/mol. The zero-order valence-electron chi connectivity index (χ0n) is 20.5. The van der Waals surface area contributed by atoms with Crippen molar-refractivity contribution in [2.45, 2.75) is 46.7 Å². The van der Waals surface area contributed by atoms with Gasteiger partial charge in [0.15, 0.2) is 0 Å². The van der Waals surface area contributed by atoms with Gasteiger partial charge in [-0.25, -0.2) is 13.9 Å². The molecule has 0 saturated heterocycles. The molecule has 0 unspecified atom stereocenters. The van der Waals surface area contributed by atoms with Crippen LogP contribution in [0.15, 0.2) is 48.5 Å². The molecule has 1 heterocycles. The SMILES string of the molecule is CCc1nn(-c2ccc(F)cc2)c(Oc2cccc(C)c2)c1CN(CCOC)C(=O)NC(C)C. The molecule has 1 aromatic heterocycles. The molecule has 3 rings (SSSR count). The topological polar surface area (TPSA) is 68.6 Å². The standard InChI is InChI=1S/C26H33FN4O3/c1-6-24-23(17-30(14-15-33-5)26(32)28-18(2)3)25(34-22-9-7-8-19(4)16-22)31(29-24)21-12-10-20(27)11-13-21/h7-13,16,18H,6,14-15,17H2,1-5H3,(H,28,32). The zero-order valence-corrected chi connectivity index (χ0v) is 20.5. The molecule has 0 radical (unpaired) electrons. The molecule has 0 saturated carbocycles. The maximum absolute atomic E-state index is 13.6. The number of hydrogen-bond acceptors (Lipinski definition) is 4. The number of aryl methyl sites for hydroxylation is 2. The lowest BCUT2D eigenvalue weighted by Crippen LogP contribution is -2.44. The number of hydrogen-bond donors (Lipinski definition) is 1. The van der Waals surface area contributed by atoms with E-state index in [0.717, 1.165) is 16.8 Å². The van der Waals surface area contributed by atoms with Crippen LogP contribution >= 0.6 is 0 Å². The highest BCUT2D eigenvalue weighted by atomic mass is 19.1. The summed E-state index contributed by atoms with van der Waals surface area (Å²) in [5.74, 6) is 0.820. The van der Waals surface area contributed by atoms with E-state index in [1.165, 1.54) is 12.1 Å². The number of nitrogens with zero attached hydrogens (tertiary/aromatic N) is 3. The van der Waals surface area contributed by atoms with E-state index in [0.29, 0.717) is 36.9 Å². The van der Waals surface area contributed by atoms with Gasteiger partial charge in [0.05, 0.1) is 30.1 Å². The summed E-state index contributed by atoms with van der Waals surface area (Å²) in [6.07, 6.45) is 0.637. The second-order valence-electron chi connectivity index (χ2n) is 8.41. The molecule has 0 bridgehead atoms. The molecule has 0 spiro atoms. The Morgan fingerprint density at radius 2 is 1.94 bits per heavy atom.